The van der Waals surface area contributed by atoms with Crippen LogP contribution in [0.2, 0.25) is 0 Å². The summed E-state index contributed by atoms with van der Waals surface area (Å²) in [7, 11) is 0. The van der Waals surface area contributed by atoms with Crippen LogP contribution in [0, 0.1) is 0 Å². The number of nitrogens with one attached hydrogen (secondary N) is 2. The van der Waals surface area contributed by atoms with E-state index >= 15 is 0 Å². The molecule has 0 unspecified atom stereocenters. The van der Waals surface area contributed by atoms with Crippen molar-refractivity contribution in [1.82, 2.24) is 10.6 Å². The van der Waals surface area contributed by atoms with Gasteiger partial charge in [-0.3, -0.25) is 9.59 Å². The van der Waals surface area contributed by atoms with Gasteiger partial charge in [0.2, 0.25) is 5.91 Å². The maximum atomic E-state index is 12.6. The fourth-order valence-corrected chi connectivity index (χ4v) is 2.34. The molecule has 0 aliphatic rings. The lowest BCUT2D eigenvalue weighted by Gasteiger charge is -2.28. The minimum Gasteiger partial charge on any atom is -0.372 e. The molecule has 0 fully saturated rings. The molecule has 0 saturated heterocycles. The summed E-state index contributed by atoms with van der Waals surface area (Å²) in [6.07, 6.45) is 0. The van der Waals surface area contributed by atoms with Gasteiger partial charge in [-0.1, -0.05) is 60.7 Å². The van der Waals surface area contributed by atoms with Crippen LogP contribution in [0.25, 0.3) is 0 Å². The van der Waals surface area contributed by atoms with E-state index in [1.54, 1.807) is 55.5 Å². The predicted molar refractivity (Wildman–Crippen MR) is 87.6 cm³/mol. The summed E-state index contributed by atoms with van der Waals surface area (Å²) < 4.78 is 0. The molecule has 0 spiro atoms. The third-order valence-corrected chi connectivity index (χ3v) is 3.50. The molecule has 0 heterocycles. The van der Waals surface area contributed by atoms with E-state index in [4.69, 9.17) is 0 Å². The highest BCUT2D eigenvalue weighted by Gasteiger charge is 2.39. The topological polar surface area (TPSA) is 78.4 Å². The lowest BCUT2D eigenvalue weighted by Crippen LogP contribution is -2.48. The zero-order chi connectivity index (χ0) is 16.7. The number of likely N-dealkylation sites (N-methyl/N-ethyl adjacent to an activating group) is 1. The second-order valence-electron chi connectivity index (χ2n) is 5.08. The fraction of sp³-hybridized carbons (Fsp3) is 0.222. The third kappa shape index (κ3) is 3.76. The van der Waals surface area contributed by atoms with Gasteiger partial charge in [0.05, 0.1) is 6.54 Å². The molecule has 0 aromatic heterocycles. The first kappa shape index (κ1) is 16.7. The predicted octanol–water partition coefficient (Wildman–Crippen LogP) is 1.17. The van der Waals surface area contributed by atoms with E-state index in [-0.39, 0.29) is 12.5 Å². The Morgan fingerprint density at radius 2 is 1.39 bits per heavy atom. The van der Waals surface area contributed by atoms with Gasteiger partial charge >= 0.3 is 0 Å². The van der Waals surface area contributed by atoms with E-state index in [9.17, 15) is 14.7 Å². The summed E-state index contributed by atoms with van der Waals surface area (Å²) >= 11 is 0. The van der Waals surface area contributed by atoms with Crippen LogP contribution in [0.3, 0.4) is 0 Å². The second kappa shape index (κ2) is 7.56. The van der Waals surface area contributed by atoms with E-state index in [2.05, 4.69) is 10.6 Å². The van der Waals surface area contributed by atoms with Crippen LogP contribution >= 0.6 is 0 Å². The van der Waals surface area contributed by atoms with E-state index in [0.717, 1.165) is 0 Å². The number of carbonyl (C=O) groups excluding carboxylic acids is 2. The van der Waals surface area contributed by atoms with Crippen molar-refractivity contribution in [2.45, 2.75) is 12.5 Å². The summed E-state index contributed by atoms with van der Waals surface area (Å²) in [5.41, 5.74) is -0.964. The molecular formula is C18H20N2O3. The van der Waals surface area contributed by atoms with Crippen LogP contribution < -0.4 is 10.6 Å². The van der Waals surface area contributed by atoms with Crippen LogP contribution in [-0.2, 0) is 15.2 Å². The van der Waals surface area contributed by atoms with E-state index < -0.39 is 11.5 Å². The number of hydrogen-bond donors (Lipinski definition) is 3. The number of carbonyl (C=O) groups is 2. The third-order valence-electron chi connectivity index (χ3n) is 3.50. The van der Waals surface area contributed by atoms with Crippen molar-refractivity contribution in [3.63, 3.8) is 0 Å². The normalized spacial score (nSPS) is 10.9. The average Bonchev–Trinajstić information content (AvgIpc) is 2.60. The van der Waals surface area contributed by atoms with Crippen LogP contribution in [0.4, 0.5) is 0 Å². The maximum Gasteiger partial charge on any atom is 0.261 e. The summed E-state index contributed by atoms with van der Waals surface area (Å²) in [4.78, 5) is 24.2. The molecule has 0 aliphatic heterocycles. The lowest BCUT2D eigenvalue weighted by atomic mass is 9.85. The molecule has 3 N–H and O–H groups in total. The summed E-state index contributed by atoms with van der Waals surface area (Å²) in [6.45, 7) is 2.09. The molecule has 120 valence electrons. The average molecular weight is 312 g/mol. The second-order valence-corrected chi connectivity index (χ2v) is 5.08. The first-order valence-corrected chi connectivity index (χ1v) is 7.47. The number of amides is 2. The number of benzene rings is 2. The largest absolute Gasteiger partial charge is 0.372 e. The molecule has 2 aromatic rings. The van der Waals surface area contributed by atoms with Crippen LogP contribution in [0.15, 0.2) is 60.7 Å². The van der Waals surface area contributed by atoms with Crippen molar-refractivity contribution < 1.29 is 14.7 Å². The molecule has 0 radical (unpaired) electrons. The van der Waals surface area contributed by atoms with Gasteiger partial charge in [-0.2, -0.15) is 0 Å². The first-order valence-electron chi connectivity index (χ1n) is 7.47. The van der Waals surface area contributed by atoms with Gasteiger partial charge < -0.3 is 15.7 Å². The molecule has 2 amide bonds. The Hall–Kier alpha value is -2.66. The van der Waals surface area contributed by atoms with Crippen molar-refractivity contribution in [3.05, 3.63) is 71.8 Å². The van der Waals surface area contributed by atoms with Gasteiger partial charge in [0.15, 0.2) is 5.60 Å². The Kier molecular flexibility index (Phi) is 5.49. The van der Waals surface area contributed by atoms with E-state index in [1.807, 2.05) is 12.1 Å². The number of hydrogen-bond acceptors (Lipinski definition) is 3. The minimum absolute atomic E-state index is 0.186. The van der Waals surface area contributed by atoms with Gasteiger partial charge in [-0.25, -0.2) is 0 Å². The van der Waals surface area contributed by atoms with Gasteiger partial charge in [0.25, 0.3) is 5.91 Å². The molecule has 0 saturated carbocycles. The zero-order valence-corrected chi connectivity index (χ0v) is 13.0. The van der Waals surface area contributed by atoms with E-state index in [1.165, 1.54) is 0 Å². The smallest absolute Gasteiger partial charge is 0.261 e. The summed E-state index contributed by atoms with van der Waals surface area (Å²) in [6, 6.07) is 17.3. The minimum atomic E-state index is -1.85. The molecule has 0 aliphatic carbocycles. The lowest BCUT2D eigenvalue weighted by molar-refractivity contribution is -0.138. The molecule has 0 bridgehead atoms. The van der Waals surface area contributed by atoms with Gasteiger partial charge in [0.1, 0.15) is 0 Å². The van der Waals surface area contributed by atoms with Crippen LogP contribution in [-0.4, -0.2) is 30.0 Å². The Morgan fingerprint density at radius 3 is 1.83 bits per heavy atom. The van der Waals surface area contributed by atoms with Crippen LogP contribution in [0.1, 0.15) is 18.1 Å². The summed E-state index contributed by atoms with van der Waals surface area (Å²) in [5.74, 6) is -0.939. The zero-order valence-electron chi connectivity index (χ0n) is 13.0. The highest BCUT2D eigenvalue weighted by atomic mass is 16.3. The Labute approximate surface area is 135 Å². The number of aliphatic hydroxyl groups is 1. The molecule has 23 heavy (non-hydrogen) atoms. The van der Waals surface area contributed by atoms with Gasteiger partial charge in [0, 0.05) is 6.54 Å². The molecule has 5 nitrogen and oxygen atoms in total. The summed E-state index contributed by atoms with van der Waals surface area (Å²) in [5, 5.41) is 16.2. The SMILES string of the molecule is CCNC(=O)CNC(=O)C(O)(c1ccccc1)c1ccccc1. The van der Waals surface area contributed by atoms with Crippen molar-refractivity contribution in [3.8, 4) is 0 Å². The molecular weight excluding hydrogens is 292 g/mol. The van der Waals surface area contributed by atoms with Gasteiger partial charge in [-0.05, 0) is 18.1 Å². The standard InChI is InChI=1S/C18H20N2O3/c1-2-19-16(21)13-20-17(22)18(23,14-9-5-3-6-10-14)15-11-7-4-8-12-15/h3-12,23H,2,13H2,1H3,(H,19,21)(H,20,22). The van der Waals surface area contributed by atoms with E-state index in [0.29, 0.717) is 17.7 Å². The molecule has 5 heteroatoms. The van der Waals surface area contributed by atoms with Crippen molar-refractivity contribution in [2.24, 2.45) is 0 Å². The Morgan fingerprint density at radius 1 is 0.913 bits per heavy atom. The fourth-order valence-electron chi connectivity index (χ4n) is 2.34. The monoisotopic (exact) mass is 312 g/mol. The first-order chi connectivity index (χ1) is 11.1. The maximum absolute atomic E-state index is 12.6. The molecule has 2 aromatic carbocycles. The van der Waals surface area contributed by atoms with Crippen molar-refractivity contribution in [2.75, 3.05) is 13.1 Å². The van der Waals surface area contributed by atoms with Gasteiger partial charge in [-0.15, -0.1) is 0 Å². The van der Waals surface area contributed by atoms with Crippen LogP contribution in [0.5, 0.6) is 0 Å². The van der Waals surface area contributed by atoms with Crippen molar-refractivity contribution in [1.29, 1.82) is 0 Å². The number of rotatable bonds is 6. The molecule has 2 rings (SSSR count). The van der Waals surface area contributed by atoms with Crippen molar-refractivity contribution >= 4 is 11.8 Å². The highest BCUT2D eigenvalue weighted by molar-refractivity contribution is 5.92. The Balaban J connectivity index is 2.31. The molecule has 0 atom stereocenters. The Bertz CT molecular complexity index is 617. The highest BCUT2D eigenvalue weighted by Crippen LogP contribution is 2.29. The quantitative estimate of drug-likeness (QED) is 0.749.